The fourth-order valence-corrected chi connectivity index (χ4v) is 4.67. The predicted molar refractivity (Wildman–Crippen MR) is 129 cm³/mol. The summed E-state index contributed by atoms with van der Waals surface area (Å²) < 4.78 is 32.9. The third kappa shape index (κ3) is 6.67. The van der Waals surface area contributed by atoms with E-state index in [2.05, 4.69) is 16.1 Å². The maximum absolute atomic E-state index is 12.4. The Balaban J connectivity index is 1.27. The molecule has 8 heteroatoms. The summed E-state index contributed by atoms with van der Waals surface area (Å²) in [4.78, 5) is 12.7. The highest BCUT2D eigenvalue weighted by Gasteiger charge is 2.27. The summed E-state index contributed by atoms with van der Waals surface area (Å²) in [6.07, 6.45) is 2.53. The number of carbonyl (C=O) groups is 1. The van der Waals surface area contributed by atoms with Gasteiger partial charge < -0.3 is 10.1 Å². The summed E-state index contributed by atoms with van der Waals surface area (Å²) in [6.45, 7) is 0.314. The van der Waals surface area contributed by atoms with Crippen LogP contribution in [0.4, 0.5) is 5.69 Å². The van der Waals surface area contributed by atoms with Crippen molar-refractivity contribution in [2.24, 2.45) is 0 Å². The molecule has 1 aliphatic rings. The molecule has 3 aromatic rings. The molecule has 3 aromatic carbocycles. The van der Waals surface area contributed by atoms with Crippen LogP contribution >= 0.6 is 0 Å². The van der Waals surface area contributed by atoms with Gasteiger partial charge >= 0.3 is 0 Å². The molecule has 4 rings (SSSR count). The average Bonchev–Trinajstić information content (AvgIpc) is 3.65. The van der Waals surface area contributed by atoms with Crippen LogP contribution in [0.25, 0.3) is 0 Å². The molecule has 1 fully saturated rings. The molecule has 34 heavy (non-hydrogen) atoms. The quantitative estimate of drug-likeness (QED) is 0.458. The molecule has 0 saturated heterocycles. The second kappa shape index (κ2) is 10.5. The van der Waals surface area contributed by atoms with E-state index in [9.17, 15) is 13.2 Å². The number of benzene rings is 3. The first-order valence-corrected chi connectivity index (χ1v) is 12.5. The highest BCUT2D eigenvalue weighted by molar-refractivity contribution is 7.89. The Morgan fingerprint density at radius 3 is 2.50 bits per heavy atom. The van der Waals surface area contributed by atoms with E-state index in [1.165, 1.54) is 0 Å². The topological polar surface area (TPSA) is 108 Å². The van der Waals surface area contributed by atoms with Crippen molar-refractivity contribution in [1.29, 1.82) is 5.26 Å². The average molecular weight is 476 g/mol. The standard InChI is InChI=1S/C26H25N3O4S/c27-17-20-3-1-4-21(15-20)18-33-24-6-2-5-23(16-24)28-26(30)14-9-19-7-12-25(13-8-19)34(31,32)29-22-10-11-22/h1-8,12-13,15-16,22,29H,9-11,14,18H2,(H,28,30). The Labute approximate surface area is 199 Å². The molecule has 174 valence electrons. The van der Waals surface area contributed by atoms with Crippen molar-refractivity contribution in [2.75, 3.05) is 5.32 Å². The summed E-state index contributed by atoms with van der Waals surface area (Å²) in [7, 11) is -3.47. The lowest BCUT2D eigenvalue weighted by Crippen LogP contribution is -2.25. The van der Waals surface area contributed by atoms with Crippen LogP contribution < -0.4 is 14.8 Å². The van der Waals surface area contributed by atoms with E-state index in [1.54, 1.807) is 60.7 Å². The molecule has 2 N–H and O–H groups in total. The maximum atomic E-state index is 12.4. The van der Waals surface area contributed by atoms with Gasteiger partial charge in [0.15, 0.2) is 0 Å². The lowest BCUT2D eigenvalue weighted by molar-refractivity contribution is -0.116. The zero-order valence-electron chi connectivity index (χ0n) is 18.5. The van der Waals surface area contributed by atoms with Gasteiger partial charge in [-0.05, 0) is 66.8 Å². The van der Waals surface area contributed by atoms with Gasteiger partial charge in [-0.15, -0.1) is 0 Å². The number of rotatable bonds is 10. The Hall–Kier alpha value is -3.67. The highest BCUT2D eigenvalue weighted by Crippen LogP contribution is 2.23. The number of hydrogen-bond donors (Lipinski definition) is 2. The Bertz CT molecular complexity index is 1310. The fraction of sp³-hybridized carbons (Fsp3) is 0.231. The van der Waals surface area contributed by atoms with Gasteiger partial charge in [0, 0.05) is 24.2 Å². The Kier molecular flexibility index (Phi) is 7.26. The summed E-state index contributed by atoms with van der Waals surface area (Å²) in [5.74, 6) is 0.461. The first kappa shape index (κ1) is 23.5. The molecule has 1 saturated carbocycles. The van der Waals surface area contributed by atoms with E-state index >= 15 is 0 Å². The molecular weight excluding hydrogens is 450 g/mol. The van der Waals surface area contributed by atoms with Crippen LogP contribution in [0.1, 0.15) is 36.0 Å². The van der Waals surface area contributed by atoms with E-state index in [-0.39, 0.29) is 23.3 Å². The van der Waals surface area contributed by atoms with E-state index in [0.29, 0.717) is 30.0 Å². The van der Waals surface area contributed by atoms with Crippen LogP contribution in [0.15, 0.2) is 77.7 Å². The van der Waals surface area contributed by atoms with E-state index < -0.39 is 10.0 Å². The molecule has 1 amide bonds. The molecule has 0 radical (unpaired) electrons. The maximum Gasteiger partial charge on any atom is 0.240 e. The van der Waals surface area contributed by atoms with Crippen molar-refractivity contribution in [3.05, 3.63) is 89.5 Å². The summed E-state index contributed by atoms with van der Waals surface area (Å²) in [6, 6.07) is 23.1. The van der Waals surface area contributed by atoms with Gasteiger partial charge in [-0.1, -0.05) is 30.3 Å². The first-order chi connectivity index (χ1) is 16.4. The van der Waals surface area contributed by atoms with Gasteiger partial charge in [0.25, 0.3) is 0 Å². The third-order valence-corrected chi connectivity index (χ3v) is 6.89. The van der Waals surface area contributed by atoms with Crippen molar-refractivity contribution in [3.8, 4) is 11.8 Å². The number of hydrogen-bond acceptors (Lipinski definition) is 5. The van der Waals surface area contributed by atoms with Crippen LogP contribution in [0.5, 0.6) is 5.75 Å². The molecule has 7 nitrogen and oxygen atoms in total. The van der Waals surface area contributed by atoms with E-state index in [0.717, 1.165) is 24.0 Å². The molecule has 1 aliphatic carbocycles. The zero-order valence-corrected chi connectivity index (χ0v) is 19.3. The van der Waals surface area contributed by atoms with E-state index in [4.69, 9.17) is 10.00 Å². The smallest absolute Gasteiger partial charge is 0.240 e. The summed E-state index contributed by atoms with van der Waals surface area (Å²) in [5.41, 5.74) is 2.97. The van der Waals surface area contributed by atoms with Crippen LogP contribution in [0.3, 0.4) is 0 Å². The number of amides is 1. The molecule has 0 atom stereocenters. The van der Waals surface area contributed by atoms with Crippen LogP contribution in [-0.2, 0) is 27.8 Å². The van der Waals surface area contributed by atoms with Gasteiger partial charge in [-0.3, -0.25) is 4.79 Å². The number of ether oxygens (including phenoxy) is 1. The third-order valence-electron chi connectivity index (χ3n) is 5.35. The van der Waals surface area contributed by atoms with Gasteiger partial charge in [0.05, 0.1) is 16.5 Å². The number of carbonyl (C=O) groups excluding carboxylic acids is 1. The molecule has 0 unspecified atom stereocenters. The minimum Gasteiger partial charge on any atom is -0.489 e. The second-order valence-electron chi connectivity index (χ2n) is 8.22. The van der Waals surface area contributed by atoms with E-state index in [1.807, 2.05) is 12.1 Å². The normalized spacial score (nSPS) is 13.1. The van der Waals surface area contributed by atoms with Crippen molar-refractivity contribution in [2.45, 2.75) is 43.2 Å². The summed E-state index contributed by atoms with van der Waals surface area (Å²) >= 11 is 0. The zero-order chi connectivity index (χ0) is 24.0. The van der Waals surface area contributed by atoms with Gasteiger partial charge in [-0.25, -0.2) is 13.1 Å². The number of nitrogens with zero attached hydrogens (tertiary/aromatic N) is 1. The molecular formula is C26H25N3O4S. The second-order valence-corrected chi connectivity index (χ2v) is 9.93. The van der Waals surface area contributed by atoms with Crippen LogP contribution in [-0.4, -0.2) is 20.4 Å². The number of aryl methyl sites for hydroxylation is 1. The number of anilines is 1. The first-order valence-electron chi connectivity index (χ1n) is 11.0. The lowest BCUT2D eigenvalue weighted by atomic mass is 10.1. The minimum absolute atomic E-state index is 0.0621. The predicted octanol–water partition coefficient (Wildman–Crippen LogP) is 4.15. The number of sulfonamides is 1. The Morgan fingerprint density at radius 1 is 1.00 bits per heavy atom. The van der Waals surface area contributed by atoms with Crippen molar-refractivity contribution >= 4 is 21.6 Å². The minimum atomic E-state index is -3.47. The molecule has 0 spiro atoms. The monoisotopic (exact) mass is 475 g/mol. The molecule has 0 aliphatic heterocycles. The van der Waals surface area contributed by atoms with Gasteiger partial charge in [-0.2, -0.15) is 5.26 Å². The van der Waals surface area contributed by atoms with Crippen molar-refractivity contribution in [3.63, 3.8) is 0 Å². The van der Waals surface area contributed by atoms with Gasteiger partial charge in [0.2, 0.25) is 15.9 Å². The largest absolute Gasteiger partial charge is 0.489 e. The van der Waals surface area contributed by atoms with Crippen LogP contribution in [0.2, 0.25) is 0 Å². The van der Waals surface area contributed by atoms with Crippen molar-refractivity contribution < 1.29 is 17.9 Å². The lowest BCUT2D eigenvalue weighted by Gasteiger charge is -2.10. The number of nitriles is 1. The van der Waals surface area contributed by atoms with Gasteiger partial charge in [0.1, 0.15) is 12.4 Å². The summed E-state index contributed by atoms with van der Waals surface area (Å²) in [5, 5.41) is 11.9. The fourth-order valence-electron chi connectivity index (χ4n) is 3.37. The SMILES string of the molecule is N#Cc1cccc(COc2cccc(NC(=O)CCc3ccc(S(=O)(=O)NC4CC4)cc3)c2)c1. The van der Waals surface area contributed by atoms with Crippen molar-refractivity contribution in [1.82, 2.24) is 4.72 Å². The number of nitrogens with one attached hydrogen (secondary N) is 2. The molecule has 0 bridgehead atoms. The van der Waals surface area contributed by atoms with Crippen LogP contribution in [0, 0.1) is 11.3 Å². The highest BCUT2D eigenvalue weighted by atomic mass is 32.2. The molecule has 0 heterocycles. The Morgan fingerprint density at radius 2 is 1.76 bits per heavy atom. The molecule has 0 aromatic heterocycles.